The Morgan fingerprint density at radius 2 is 2.13 bits per heavy atom. The second-order valence-electron chi connectivity index (χ2n) is 5.69. The van der Waals surface area contributed by atoms with E-state index in [0.717, 1.165) is 18.5 Å². The van der Waals surface area contributed by atoms with Gasteiger partial charge in [0.2, 0.25) is 11.1 Å². The highest BCUT2D eigenvalue weighted by atomic mass is 32.2. The van der Waals surface area contributed by atoms with Gasteiger partial charge in [-0.1, -0.05) is 31.2 Å². The molecule has 1 aromatic heterocycles. The summed E-state index contributed by atoms with van der Waals surface area (Å²) in [5.74, 6) is 0.310. The predicted octanol–water partition coefficient (Wildman–Crippen LogP) is 2.68. The van der Waals surface area contributed by atoms with Crippen molar-refractivity contribution in [1.29, 1.82) is 0 Å². The second-order valence-corrected chi connectivity index (χ2v) is 6.63. The quantitative estimate of drug-likeness (QED) is 0.789. The summed E-state index contributed by atoms with van der Waals surface area (Å²) >= 11 is 1.34. The van der Waals surface area contributed by atoms with Gasteiger partial charge in [0.05, 0.1) is 11.4 Å². The first-order valence-corrected chi connectivity index (χ1v) is 8.78. The molecular formula is C16H23N5OS. The van der Waals surface area contributed by atoms with E-state index < -0.39 is 0 Å². The highest BCUT2D eigenvalue weighted by Crippen LogP contribution is 2.20. The molecule has 6 nitrogen and oxygen atoms in total. The van der Waals surface area contributed by atoms with Crippen LogP contribution in [0.3, 0.4) is 0 Å². The van der Waals surface area contributed by atoms with Crippen molar-refractivity contribution in [3.05, 3.63) is 29.3 Å². The van der Waals surface area contributed by atoms with E-state index in [1.54, 1.807) is 4.68 Å². The normalized spacial score (nSPS) is 12.2. The zero-order chi connectivity index (χ0) is 16.8. The fraction of sp³-hybridized carbons (Fsp3) is 0.500. The third kappa shape index (κ3) is 4.79. The van der Waals surface area contributed by atoms with Crippen LogP contribution >= 0.6 is 11.8 Å². The number of nitrogens with zero attached hydrogens (tertiary/aromatic N) is 4. The Balaban J connectivity index is 2.01. The number of tetrazole rings is 1. The van der Waals surface area contributed by atoms with E-state index >= 15 is 0 Å². The van der Waals surface area contributed by atoms with Crippen molar-refractivity contribution in [3.63, 3.8) is 0 Å². The van der Waals surface area contributed by atoms with Gasteiger partial charge in [-0.25, -0.2) is 0 Å². The monoisotopic (exact) mass is 333 g/mol. The van der Waals surface area contributed by atoms with Gasteiger partial charge in [0.15, 0.2) is 0 Å². The Kier molecular flexibility index (Phi) is 6.15. The van der Waals surface area contributed by atoms with Gasteiger partial charge in [-0.3, -0.25) is 4.79 Å². The van der Waals surface area contributed by atoms with Gasteiger partial charge in [-0.05, 0) is 60.9 Å². The average molecular weight is 333 g/mol. The Bertz CT molecular complexity index is 670. The van der Waals surface area contributed by atoms with E-state index in [-0.39, 0.29) is 11.9 Å². The summed E-state index contributed by atoms with van der Waals surface area (Å²) in [6, 6.07) is 6.26. The molecule has 1 heterocycles. The Morgan fingerprint density at radius 3 is 2.83 bits per heavy atom. The fourth-order valence-electron chi connectivity index (χ4n) is 2.24. The minimum absolute atomic E-state index is 0.00517. The van der Waals surface area contributed by atoms with Crippen molar-refractivity contribution in [1.82, 2.24) is 25.5 Å². The first-order chi connectivity index (χ1) is 11.0. The summed E-state index contributed by atoms with van der Waals surface area (Å²) in [7, 11) is 0. The molecule has 0 fully saturated rings. The number of carbonyl (C=O) groups is 1. The molecule has 2 rings (SSSR count). The molecule has 0 bridgehead atoms. The molecule has 2 aromatic rings. The molecule has 124 valence electrons. The lowest BCUT2D eigenvalue weighted by molar-refractivity contribution is -0.119. The van der Waals surface area contributed by atoms with Crippen LogP contribution in [0.5, 0.6) is 0 Å². The second kappa shape index (κ2) is 8.10. The molecule has 1 N–H and O–H groups in total. The summed E-state index contributed by atoms with van der Waals surface area (Å²) < 4.78 is 1.67. The van der Waals surface area contributed by atoms with Gasteiger partial charge < -0.3 is 5.32 Å². The number of hydrogen-bond acceptors (Lipinski definition) is 5. The summed E-state index contributed by atoms with van der Waals surface area (Å²) in [5, 5.41) is 15.4. The molecule has 0 saturated carbocycles. The summed E-state index contributed by atoms with van der Waals surface area (Å²) in [4.78, 5) is 12.0. The Morgan fingerprint density at radius 1 is 1.35 bits per heavy atom. The van der Waals surface area contributed by atoms with E-state index in [4.69, 9.17) is 0 Å². The van der Waals surface area contributed by atoms with Crippen LogP contribution in [0.2, 0.25) is 0 Å². The lowest BCUT2D eigenvalue weighted by atomic mass is 10.1. The number of hydrogen-bond donors (Lipinski definition) is 1. The molecular weight excluding hydrogens is 310 g/mol. The number of aryl methyl sites for hydroxylation is 2. The number of benzene rings is 1. The molecule has 0 radical (unpaired) electrons. The number of thioether (sulfide) groups is 1. The molecule has 0 unspecified atom stereocenters. The number of amides is 1. The van der Waals surface area contributed by atoms with Crippen LogP contribution in [0.15, 0.2) is 23.4 Å². The van der Waals surface area contributed by atoms with E-state index in [1.165, 1.54) is 22.9 Å². The van der Waals surface area contributed by atoms with Crippen LogP contribution in [-0.4, -0.2) is 37.9 Å². The van der Waals surface area contributed by atoms with Crippen molar-refractivity contribution in [2.45, 2.75) is 51.7 Å². The van der Waals surface area contributed by atoms with Gasteiger partial charge in [-0.15, -0.1) is 5.10 Å². The van der Waals surface area contributed by atoms with E-state index in [2.05, 4.69) is 41.6 Å². The highest BCUT2D eigenvalue weighted by Gasteiger charge is 2.13. The minimum atomic E-state index is 0.00517. The van der Waals surface area contributed by atoms with Crippen molar-refractivity contribution < 1.29 is 4.79 Å². The molecule has 0 aliphatic rings. The molecule has 0 aliphatic heterocycles. The SMILES string of the molecule is CCC[C@H](C)NC(=O)CSc1nnnn1-c1ccc(C)c(C)c1. The summed E-state index contributed by atoms with van der Waals surface area (Å²) in [6.45, 7) is 8.25. The Hall–Kier alpha value is -1.89. The molecule has 1 amide bonds. The van der Waals surface area contributed by atoms with Crippen LogP contribution < -0.4 is 5.32 Å². The zero-order valence-corrected chi connectivity index (χ0v) is 14.9. The molecule has 1 aromatic carbocycles. The fourth-order valence-corrected chi connectivity index (χ4v) is 2.94. The summed E-state index contributed by atoms with van der Waals surface area (Å²) in [6.07, 6.45) is 2.04. The van der Waals surface area contributed by atoms with E-state index in [0.29, 0.717) is 10.9 Å². The number of carbonyl (C=O) groups excluding carboxylic acids is 1. The molecule has 0 aliphatic carbocycles. The van der Waals surface area contributed by atoms with Gasteiger partial charge in [-0.2, -0.15) is 4.68 Å². The standard InChI is InChI=1S/C16H23N5OS/c1-5-6-13(4)17-15(22)10-23-16-18-19-20-21(16)14-8-7-11(2)12(3)9-14/h7-9,13H,5-6,10H2,1-4H3,(H,17,22)/t13-/m0/s1. The highest BCUT2D eigenvalue weighted by molar-refractivity contribution is 7.99. The van der Waals surface area contributed by atoms with Crippen LogP contribution in [0.25, 0.3) is 5.69 Å². The van der Waals surface area contributed by atoms with E-state index in [9.17, 15) is 4.79 Å². The maximum Gasteiger partial charge on any atom is 0.230 e. The van der Waals surface area contributed by atoms with Gasteiger partial charge >= 0.3 is 0 Å². The minimum Gasteiger partial charge on any atom is -0.353 e. The summed E-state index contributed by atoms with van der Waals surface area (Å²) in [5.41, 5.74) is 3.31. The zero-order valence-electron chi connectivity index (χ0n) is 14.0. The number of rotatable bonds is 7. The lowest BCUT2D eigenvalue weighted by Crippen LogP contribution is -2.33. The van der Waals surface area contributed by atoms with Gasteiger partial charge in [0.1, 0.15) is 0 Å². The third-order valence-corrected chi connectivity index (χ3v) is 4.56. The van der Waals surface area contributed by atoms with Crippen molar-refractivity contribution in [2.75, 3.05) is 5.75 Å². The van der Waals surface area contributed by atoms with Gasteiger partial charge in [0, 0.05) is 6.04 Å². The smallest absolute Gasteiger partial charge is 0.230 e. The lowest BCUT2D eigenvalue weighted by Gasteiger charge is -2.12. The predicted molar refractivity (Wildman–Crippen MR) is 91.9 cm³/mol. The topological polar surface area (TPSA) is 72.7 Å². The van der Waals surface area contributed by atoms with Crippen LogP contribution in [0.1, 0.15) is 37.8 Å². The van der Waals surface area contributed by atoms with Crippen molar-refractivity contribution >= 4 is 17.7 Å². The maximum absolute atomic E-state index is 12.0. The largest absolute Gasteiger partial charge is 0.353 e. The number of nitrogens with one attached hydrogen (secondary N) is 1. The molecule has 7 heteroatoms. The first-order valence-electron chi connectivity index (χ1n) is 7.79. The molecule has 1 atom stereocenters. The van der Waals surface area contributed by atoms with Gasteiger partial charge in [0.25, 0.3) is 0 Å². The van der Waals surface area contributed by atoms with Crippen molar-refractivity contribution in [3.8, 4) is 5.69 Å². The van der Waals surface area contributed by atoms with Crippen LogP contribution in [0.4, 0.5) is 0 Å². The number of aromatic nitrogens is 4. The van der Waals surface area contributed by atoms with Crippen LogP contribution in [-0.2, 0) is 4.79 Å². The average Bonchev–Trinajstić information content (AvgIpc) is 2.96. The molecule has 23 heavy (non-hydrogen) atoms. The third-order valence-electron chi connectivity index (χ3n) is 3.64. The Labute approximate surface area is 141 Å². The molecule has 0 spiro atoms. The van der Waals surface area contributed by atoms with Crippen molar-refractivity contribution in [2.24, 2.45) is 0 Å². The maximum atomic E-state index is 12.0. The first kappa shape index (κ1) is 17.5. The molecule has 0 saturated heterocycles. The van der Waals surface area contributed by atoms with E-state index in [1.807, 2.05) is 25.1 Å². The van der Waals surface area contributed by atoms with Crippen LogP contribution in [0, 0.1) is 13.8 Å².